The molecule has 0 aliphatic carbocycles. The molecule has 6 heteroatoms. The highest BCUT2D eigenvalue weighted by Gasteiger charge is 2.16. The van der Waals surface area contributed by atoms with E-state index in [1.807, 2.05) is 6.92 Å². The molecular formula is C13H21NO4S. The van der Waals surface area contributed by atoms with Gasteiger partial charge in [0.05, 0.1) is 17.1 Å². The van der Waals surface area contributed by atoms with Crippen LogP contribution in [0.5, 0.6) is 0 Å². The largest absolute Gasteiger partial charge is 0.388 e. The summed E-state index contributed by atoms with van der Waals surface area (Å²) in [6, 6.07) is 6.34. The maximum atomic E-state index is 12.1. The van der Waals surface area contributed by atoms with Crippen LogP contribution in [0.15, 0.2) is 29.2 Å². The van der Waals surface area contributed by atoms with Gasteiger partial charge in [-0.05, 0) is 31.0 Å². The van der Waals surface area contributed by atoms with Crippen molar-refractivity contribution < 1.29 is 18.3 Å². The van der Waals surface area contributed by atoms with E-state index in [4.69, 9.17) is 4.74 Å². The predicted octanol–water partition coefficient (Wildman–Crippen LogP) is 1.44. The fourth-order valence-electron chi connectivity index (χ4n) is 1.52. The lowest BCUT2D eigenvalue weighted by atomic mass is 10.1. The fourth-order valence-corrected chi connectivity index (χ4v) is 2.69. The van der Waals surface area contributed by atoms with Crippen LogP contribution in [0.2, 0.25) is 0 Å². The summed E-state index contributed by atoms with van der Waals surface area (Å²) < 4.78 is 31.6. The van der Waals surface area contributed by atoms with Crippen LogP contribution in [0.3, 0.4) is 0 Å². The molecule has 0 bridgehead atoms. The molecular weight excluding hydrogens is 266 g/mol. The first-order valence-electron chi connectivity index (χ1n) is 6.21. The van der Waals surface area contributed by atoms with Gasteiger partial charge in [-0.3, -0.25) is 0 Å². The molecule has 0 aliphatic heterocycles. The van der Waals surface area contributed by atoms with Crippen molar-refractivity contribution in [1.82, 2.24) is 4.72 Å². The van der Waals surface area contributed by atoms with Crippen molar-refractivity contribution in [3.63, 3.8) is 0 Å². The molecule has 1 rings (SSSR count). The van der Waals surface area contributed by atoms with Crippen molar-refractivity contribution in [1.29, 1.82) is 0 Å². The van der Waals surface area contributed by atoms with Gasteiger partial charge in [0, 0.05) is 13.7 Å². The summed E-state index contributed by atoms with van der Waals surface area (Å²) >= 11 is 0. The van der Waals surface area contributed by atoms with Crippen molar-refractivity contribution >= 4 is 10.0 Å². The van der Waals surface area contributed by atoms with Crippen molar-refractivity contribution in [2.24, 2.45) is 0 Å². The zero-order chi connectivity index (χ0) is 14.5. The number of hydrogen-bond donors (Lipinski definition) is 2. The first-order valence-corrected chi connectivity index (χ1v) is 7.69. The van der Waals surface area contributed by atoms with E-state index >= 15 is 0 Å². The van der Waals surface area contributed by atoms with Gasteiger partial charge < -0.3 is 9.84 Å². The molecule has 0 saturated heterocycles. The normalized spacial score (nSPS) is 15.2. The maximum absolute atomic E-state index is 12.1. The monoisotopic (exact) mass is 287 g/mol. The molecule has 1 aromatic rings. The molecule has 0 aromatic heterocycles. The standard InChI is InChI=1S/C13H21NO4S/c1-4-13(15)11-6-5-7-12(8-11)19(16,17)14-9-10(2)18-3/h5-8,10,13-15H,4,9H2,1-3H3. The van der Waals surface area contributed by atoms with Gasteiger partial charge in [-0.15, -0.1) is 0 Å². The van der Waals surface area contributed by atoms with E-state index in [0.717, 1.165) is 0 Å². The van der Waals surface area contributed by atoms with Crippen LogP contribution in [0, 0.1) is 0 Å². The lowest BCUT2D eigenvalue weighted by molar-refractivity contribution is 0.122. The van der Waals surface area contributed by atoms with Gasteiger partial charge in [-0.1, -0.05) is 19.1 Å². The molecule has 19 heavy (non-hydrogen) atoms. The Morgan fingerprint density at radius 2 is 2.11 bits per heavy atom. The Hall–Kier alpha value is -0.950. The fraction of sp³-hybridized carbons (Fsp3) is 0.538. The highest BCUT2D eigenvalue weighted by molar-refractivity contribution is 7.89. The van der Waals surface area contributed by atoms with Gasteiger partial charge in [0.25, 0.3) is 0 Å². The Morgan fingerprint density at radius 1 is 1.42 bits per heavy atom. The number of ether oxygens (including phenoxy) is 1. The SMILES string of the molecule is CCC(O)c1cccc(S(=O)(=O)NCC(C)OC)c1. The van der Waals surface area contributed by atoms with Crippen LogP contribution >= 0.6 is 0 Å². The number of methoxy groups -OCH3 is 1. The van der Waals surface area contributed by atoms with Crippen LogP contribution in [-0.4, -0.2) is 33.3 Å². The second-order valence-electron chi connectivity index (χ2n) is 4.39. The molecule has 108 valence electrons. The first kappa shape index (κ1) is 16.1. The van der Waals surface area contributed by atoms with E-state index in [0.29, 0.717) is 12.0 Å². The first-order chi connectivity index (χ1) is 8.90. The number of aliphatic hydroxyl groups excluding tert-OH is 1. The van der Waals surface area contributed by atoms with E-state index in [1.165, 1.54) is 19.2 Å². The van der Waals surface area contributed by atoms with Crippen molar-refractivity contribution in [3.8, 4) is 0 Å². The van der Waals surface area contributed by atoms with Crippen molar-refractivity contribution in [2.45, 2.75) is 37.4 Å². The molecule has 2 unspecified atom stereocenters. The molecule has 1 aromatic carbocycles. The maximum Gasteiger partial charge on any atom is 0.240 e. The summed E-state index contributed by atoms with van der Waals surface area (Å²) in [5.41, 5.74) is 0.602. The van der Waals surface area contributed by atoms with Gasteiger partial charge in [-0.25, -0.2) is 13.1 Å². The quantitative estimate of drug-likeness (QED) is 0.796. The van der Waals surface area contributed by atoms with E-state index in [-0.39, 0.29) is 17.5 Å². The van der Waals surface area contributed by atoms with Crippen LogP contribution in [-0.2, 0) is 14.8 Å². The number of hydrogen-bond acceptors (Lipinski definition) is 4. The number of nitrogens with one attached hydrogen (secondary N) is 1. The van der Waals surface area contributed by atoms with Crippen LogP contribution in [0.4, 0.5) is 0 Å². The summed E-state index contributed by atoms with van der Waals surface area (Å²) in [4.78, 5) is 0.154. The smallest absolute Gasteiger partial charge is 0.240 e. The van der Waals surface area contributed by atoms with Crippen LogP contribution in [0.25, 0.3) is 0 Å². The van der Waals surface area contributed by atoms with E-state index in [9.17, 15) is 13.5 Å². The topological polar surface area (TPSA) is 75.6 Å². The van der Waals surface area contributed by atoms with Crippen molar-refractivity contribution in [2.75, 3.05) is 13.7 Å². The second-order valence-corrected chi connectivity index (χ2v) is 6.16. The number of aliphatic hydroxyl groups is 1. The summed E-state index contributed by atoms with van der Waals surface area (Å²) in [5.74, 6) is 0. The Morgan fingerprint density at radius 3 is 2.68 bits per heavy atom. The molecule has 0 aliphatic rings. The summed E-state index contributed by atoms with van der Waals surface area (Å²) in [5, 5.41) is 9.74. The third kappa shape index (κ3) is 4.58. The lowest BCUT2D eigenvalue weighted by Crippen LogP contribution is -2.31. The minimum Gasteiger partial charge on any atom is -0.388 e. The molecule has 0 heterocycles. The summed E-state index contributed by atoms with van der Waals surface area (Å²) in [7, 11) is -2.05. The van der Waals surface area contributed by atoms with Gasteiger partial charge in [-0.2, -0.15) is 0 Å². The zero-order valence-electron chi connectivity index (χ0n) is 11.5. The number of sulfonamides is 1. The minimum absolute atomic E-state index is 0.154. The lowest BCUT2D eigenvalue weighted by Gasteiger charge is -2.13. The Labute approximate surface area is 114 Å². The number of rotatable bonds is 7. The molecule has 2 N–H and O–H groups in total. The van der Waals surface area contributed by atoms with E-state index < -0.39 is 16.1 Å². The zero-order valence-corrected chi connectivity index (χ0v) is 12.3. The molecule has 2 atom stereocenters. The molecule has 0 spiro atoms. The Kier molecular flexibility index (Phi) is 5.93. The molecule has 0 saturated carbocycles. The predicted molar refractivity (Wildman–Crippen MR) is 73.4 cm³/mol. The van der Waals surface area contributed by atoms with Gasteiger partial charge in [0.15, 0.2) is 0 Å². The molecule has 0 fully saturated rings. The van der Waals surface area contributed by atoms with Gasteiger partial charge in [0.1, 0.15) is 0 Å². The third-order valence-electron chi connectivity index (χ3n) is 2.90. The van der Waals surface area contributed by atoms with Crippen LogP contribution < -0.4 is 4.72 Å². The average Bonchev–Trinajstić information content (AvgIpc) is 2.44. The van der Waals surface area contributed by atoms with E-state index in [1.54, 1.807) is 19.1 Å². The second kappa shape index (κ2) is 7.00. The molecule has 5 nitrogen and oxygen atoms in total. The Balaban J connectivity index is 2.89. The summed E-state index contributed by atoms with van der Waals surface area (Å²) in [6.45, 7) is 3.82. The highest BCUT2D eigenvalue weighted by Crippen LogP contribution is 2.19. The highest BCUT2D eigenvalue weighted by atomic mass is 32.2. The van der Waals surface area contributed by atoms with Crippen molar-refractivity contribution in [3.05, 3.63) is 29.8 Å². The molecule has 0 amide bonds. The number of benzene rings is 1. The van der Waals surface area contributed by atoms with Gasteiger partial charge >= 0.3 is 0 Å². The summed E-state index contributed by atoms with van der Waals surface area (Å²) in [6.07, 6.45) is -0.301. The Bertz CT molecular complexity index is 501. The van der Waals surface area contributed by atoms with E-state index in [2.05, 4.69) is 4.72 Å². The minimum atomic E-state index is -3.57. The third-order valence-corrected chi connectivity index (χ3v) is 4.32. The van der Waals surface area contributed by atoms with Crippen LogP contribution in [0.1, 0.15) is 31.9 Å². The van der Waals surface area contributed by atoms with Gasteiger partial charge in [0.2, 0.25) is 10.0 Å². The molecule has 0 radical (unpaired) electrons. The average molecular weight is 287 g/mol.